The number of pyridine rings is 1. The third kappa shape index (κ3) is 1.52. The quantitative estimate of drug-likeness (QED) is 0.677. The summed E-state index contributed by atoms with van der Waals surface area (Å²) in [6.45, 7) is 0. The summed E-state index contributed by atoms with van der Waals surface area (Å²) in [5.41, 5.74) is 3.46. The fraction of sp³-hybridized carbons (Fsp3) is 0. The van der Waals surface area contributed by atoms with Crippen molar-refractivity contribution in [1.29, 1.82) is 0 Å². The molecule has 0 aliphatic heterocycles. The molecule has 3 aromatic rings. The van der Waals surface area contributed by atoms with E-state index in [-0.39, 0.29) is 0 Å². The smallest absolute Gasteiger partial charge is 0.166 e. The van der Waals surface area contributed by atoms with Gasteiger partial charge in [0.05, 0.1) is 17.4 Å². The maximum atomic E-state index is 11.1. The Hall–Kier alpha value is -2.42. The third-order valence-corrected chi connectivity index (χ3v) is 2.81. The Morgan fingerprint density at radius 3 is 2.71 bits per heavy atom. The van der Waals surface area contributed by atoms with E-state index in [9.17, 15) is 4.79 Å². The molecule has 3 rings (SSSR count). The number of fused-ring (bicyclic) bond motifs is 1. The lowest BCUT2D eigenvalue weighted by molar-refractivity contribution is 0.112. The van der Waals surface area contributed by atoms with Gasteiger partial charge >= 0.3 is 0 Å². The van der Waals surface area contributed by atoms with Crippen LogP contribution < -0.4 is 0 Å². The lowest BCUT2D eigenvalue weighted by Crippen LogP contribution is -1.83. The summed E-state index contributed by atoms with van der Waals surface area (Å²) in [5, 5.41) is 1.02. The van der Waals surface area contributed by atoms with Crippen molar-refractivity contribution in [2.75, 3.05) is 0 Å². The van der Waals surface area contributed by atoms with Gasteiger partial charge in [0.2, 0.25) is 0 Å². The Kier molecular flexibility index (Phi) is 2.22. The molecule has 3 heteroatoms. The third-order valence-electron chi connectivity index (χ3n) is 2.81. The van der Waals surface area contributed by atoms with Crippen LogP contribution in [0.2, 0.25) is 0 Å². The lowest BCUT2D eigenvalue weighted by atomic mass is 10.0. The molecule has 0 fully saturated rings. The first-order valence-corrected chi connectivity index (χ1v) is 5.36. The van der Waals surface area contributed by atoms with Crippen LogP contribution in [0.15, 0.2) is 48.8 Å². The van der Waals surface area contributed by atoms with Crippen molar-refractivity contribution in [3.8, 4) is 11.1 Å². The summed E-state index contributed by atoms with van der Waals surface area (Å²) < 4.78 is 0. The number of H-pyrrole nitrogens is 1. The van der Waals surface area contributed by atoms with Gasteiger partial charge in [0.1, 0.15) is 0 Å². The monoisotopic (exact) mass is 222 g/mol. The fourth-order valence-corrected chi connectivity index (χ4v) is 2.07. The predicted octanol–water partition coefficient (Wildman–Crippen LogP) is 3.04. The molecule has 0 amide bonds. The topological polar surface area (TPSA) is 45.8 Å². The normalized spacial score (nSPS) is 10.6. The van der Waals surface area contributed by atoms with Crippen molar-refractivity contribution in [3.63, 3.8) is 0 Å². The molecule has 0 aliphatic rings. The van der Waals surface area contributed by atoms with E-state index in [0.29, 0.717) is 5.69 Å². The molecule has 0 aliphatic carbocycles. The minimum atomic E-state index is 0.596. The summed E-state index contributed by atoms with van der Waals surface area (Å²) in [7, 11) is 0. The van der Waals surface area contributed by atoms with Crippen molar-refractivity contribution in [2.45, 2.75) is 0 Å². The number of carbonyl (C=O) groups is 1. The molecule has 2 heterocycles. The lowest BCUT2D eigenvalue weighted by Gasteiger charge is -2.00. The Morgan fingerprint density at radius 1 is 1.12 bits per heavy atom. The molecular weight excluding hydrogens is 212 g/mol. The van der Waals surface area contributed by atoms with Gasteiger partial charge in [-0.25, -0.2) is 0 Å². The highest BCUT2D eigenvalue weighted by Gasteiger charge is 2.11. The van der Waals surface area contributed by atoms with E-state index in [0.717, 1.165) is 28.3 Å². The van der Waals surface area contributed by atoms with Gasteiger partial charge in [-0.1, -0.05) is 30.3 Å². The molecule has 82 valence electrons. The van der Waals surface area contributed by atoms with Crippen LogP contribution in [0.4, 0.5) is 0 Å². The number of aromatic amines is 1. The second-order valence-corrected chi connectivity index (χ2v) is 3.82. The summed E-state index contributed by atoms with van der Waals surface area (Å²) in [6.07, 6.45) is 4.31. The van der Waals surface area contributed by atoms with Crippen molar-refractivity contribution in [3.05, 3.63) is 54.5 Å². The average Bonchev–Trinajstić information content (AvgIpc) is 2.78. The highest BCUT2D eigenvalue weighted by Crippen LogP contribution is 2.30. The van der Waals surface area contributed by atoms with Gasteiger partial charge in [-0.2, -0.15) is 0 Å². The molecule has 0 unspecified atom stereocenters. The number of nitrogens with zero attached hydrogens (tertiary/aromatic N) is 1. The number of benzene rings is 1. The number of hydrogen-bond acceptors (Lipinski definition) is 2. The predicted molar refractivity (Wildman–Crippen MR) is 66.9 cm³/mol. The molecule has 0 radical (unpaired) electrons. The van der Waals surface area contributed by atoms with E-state index >= 15 is 0 Å². The Labute approximate surface area is 98.1 Å². The van der Waals surface area contributed by atoms with Crippen LogP contribution in [0.1, 0.15) is 10.5 Å². The number of rotatable bonds is 2. The van der Waals surface area contributed by atoms with Gasteiger partial charge in [0.15, 0.2) is 6.29 Å². The molecule has 0 atom stereocenters. The summed E-state index contributed by atoms with van der Waals surface area (Å²) in [6, 6.07) is 11.8. The molecule has 0 spiro atoms. The van der Waals surface area contributed by atoms with E-state index in [4.69, 9.17) is 0 Å². The minimum absolute atomic E-state index is 0.596. The number of aldehydes is 1. The molecule has 1 aromatic carbocycles. The minimum Gasteiger partial charge on any atom is -0.351 e. The van der Waals surface area contributed by atoms with Gasteiger partial charge in [0.25, 0.3) is 0 Å². The Morgan fingerprint density at radius 2 is 1.94 bits per heavy atom. The zero-order valence-electron chi connectivity index (χ0n) is 9.05. The van der Waals surface area contributed by atoms with E-state index in [1.807, 2.05) is 36.4 Å². The van der Waals surface area contributed by atoms with Crippen molar-refractivity contribution < 1.29 is 4.79 Å². The van der Waals surface area contributed by atoms with E-state index < -0.39 is 0 Å². The van der Waals surface area contributed by atoms with Crippen LogP contribution in [-0.4, -0.2) is 16.3 Å². The molecule has 17 heavy (non-hydrogen) atoms. The summed E-state index contributed by atoms with van der Waals surface area (Å²) >= 11 is 0. The maximum Gasteiger partial charge on any atom is 0.166 e. The maximum absolute atomic E-state index is 11.1. The van der Waals surface area contributed by atoms with Crippen LogP contribution in [0.3, 0.4) is 0 Å². The number of carbonyl (C=O) groups excluding carboxylic acids is 1. The molecular formula is C14H10N2O. The van der Waals surface area contributed by atoms with Crippen LogP contribution >= 0.6 is 0 Å². The van der Waals surface area contributed by atoms with Crippen LogP contribution in [0, 0.1) is 0 Å². The van der Waals surface area contributed by atoms with E-state index in [1.165, 1.54) is 0 Å². The molecule has 2 aromatic heterocycles. The zero-order chi connectivity index (χ0) is 11.7. The average molecular weight is 222 g/mol. The first kappa shape index (κ1) is 9.78. The van der Waals surface area contributed by atoms with Gasteiger partial charge < -0.3 is 4.98 Å². The number of nitrogens with one attached hydrogen (secondary N) is 1. The summed E-state index contributed by atoms with van der Waals surface area (Å²) in [5.74, 6) is 0. The molecule has 3 nitrogen and oxygen atoms in total. The Balaban J connectivity index is 2.38. The highest BCUT2D eigenvalue weighted by molar-refractivity contribution is 6.03. The van der Waals surface area contributed by atoms with Crippen LogP contribution in [0.5, 0.6) is 0 Å². The Bertz CT molecular complexity index is 671. The van der Waals surface area contributed by atoms with Crippen molar-refractivity contribution in [1.82, 2.24) is 9.97 Å². The second-order valence-electron chi connectivity index (χ2n) is 3.82. The fourth-order valence-electron chi connectivity index (χ4n) is 2.07. The number of hydrogen-bond donors (Lipinski definition) is 1. The van der Waals surface area contributed by atoms with E-state index in [1.54, 1.807) is 12.4 Å². The molecule has 0 saturated heterocycles. The molecule has 0 saturated carbocycles. The largest absolute Gasteiger partial charge is 0.351 e. The van der Waals surface area contributed by atoms with Crippen molar-refractivity contribution >= 4 is 17.2 Å². The van der Waals surface area contributed by atoms with E-state index in [2.05, 4.69) is 9.97 Å². The zero-order valence-corrected chi connectivity index (χ0v) is 9.05. The van der Waals surface area contributed by atoms with Gasteiger partial charge in [-0.3, -0.25) is 9.78 Å². The standard InChI is InChI=1S/C14H10N2O/c17-9-13-14(10-4-2-1-3-5-10)11-6-7-15-8-12(11)16-13/h1-9,16H. The highest BCUT2D eigenvalue weighted by atomic mass is 16.1. The van der Waals surface area contributed by atoms with Gasteiger partial charge in [-0.05, 0) is 11.6 Å². The first-order chi connectivity index (χ1) is 8.40. The first-order valence-electron chi connectivity index (χ1n) is 5.36. The van der Waals surface area contributed by atoms with Crippen LogP contribution in [0.25, 0.3) is 22.0 Å². The van der Waals surface area contributed by atoms with Gasteiger partial charge in [0, 0.05) is 17.1 Å². The van der Waals surface area contributed by atoms with Crippen LogP contribution in [-0.2, 0) is 0 Å². The van der Waals surface area contributed by atoms with Crippen molar-refractivity contribution in [2.24, 2.45) is 0 Å². The number of aromatic nitrogens is 2. The summed E-state index contributed by atoms with van der Waals surface area (Å²) in [4.78, 5) is 18.2. The molecule has 1 N–H and O–H groups in total. The second kappa shape index (κ2) is 3.87. The SMILES string of the molecule is O=Cc1[nH]c2cnccc2c1-c1ccccc1. The van der Waals surface area contributed by atoms with Gasteiger partial charge in [-0.15, -0.1) is 0 Å². The molecule has 0 bridgehead atoms.